The third-order valence-corrected chi connectivity index (χ3v) is 4.98. The highest BCUT2D eigenvalue weighted by molar-refractivity contribution is 7.99. The number of rotatable bonds is 5. The summed E-state index contributed by atoms with van der Waals surface area (Å²) in [5.74, 6) is -0.513. The Morgan fingerprint density at radius 2 is 2.09 bits per heavy atom. The topological polar surface area (TPSA) is 84.6 Å². The van der Waals surface area contributed by atoms with Crippen LogP contribution < -0.4 is 5.56 Å². The molecule has 1 N–H and O–H groups in total. The van der Waals surface area contributed by atoms with Gasteiger partial charge >= 0.3 is 5.97 Å². The fourth-order valence-electron chi connectivity index (χ4n) is 1.99. The van der Waals surface area contributed by atoms with Crippen molar-refractivity contribution in [3.05, 3.63) is 51.9 Å². The number of nitrogens with zero attached hydrogens (tertiary/aromatic N) is 3. The molecule has 0 saturated carbocycles. The first-order valence-electron chi connectivity index (χ1n) is 6.79. The monoisotopic (exact) mass is 347 g/mol. The van der Waals surface area contributed by atoms with Gasteiger partial charge in [0, 0.05) is 17.4 Å². The van der Waals surface area contributed by atoms with Crippen LogP contribution in [-0.4, -0.2) is 31.4 Å². The van der Waals surface area contributed by atoms with E-state index in [-0.39, 0.29) is 11.3 Å². The van der Waals surface area contributed by atoms with Gasteiger partial charge in [0.25, 0.3) is 5.56 Å². The second-order valence-corrected chi connectivity index (χ2v) is 6.88. The molecule has 118 valence electrons. The first kappa shape index (κ1) is 15.7. The molecule has 0 spiro atoms. The molecule has 1 aromatic carbocycles. The van der Waals surface area contributed by atoms with E-state index in [0.29, 0.717) is 16.4 Å². The molecule has 0 radical (unpaired) electrons. The summed E-state index contributed by atoms with van der Waals surface area (Å²) in [5.41, 5.74) is 2.41. The molecule has 0 aliphatic heterocycles. The summed E-state index contributed by atoms with van der Waals surface area (Å²) in [6.45, 7) is 2.01. The third-order valence-electron chi connectivity index (χ3n) is 3.07. The van der Waals surface area contributed by atoms with Crippen LogP contribution in [0.3, 0.4) is 0 Å². The van der Waals surface area contributed by atoms with E-state index in [1.54, 1.807) is 0 Å². The molecule has 0 saturated heterocycles. The van der Waals surface area contributed by atoms with Crippen molar-refractivity contribution in [1.82, 2.24) is 14.6 Å². The van der Waals surface area contributed by atoms with Gasteiger partial charge in [-0.15, -0.1) is 11.8 Å². The first-order valence-corrected chi connectivity index (χ1v) is 8.76. The molecule has 0 unspecified atom stereocenters. The van der Waals surface area contributed by atoms with Gasteiger partial charge in [-0.05, 0) is 6.92 Å². The quantitative estimate of drug-likeness (QED) is 0.763. The highest BCUT2D eigenvalue weighted by Crippen LogP contribution is 2.24. The smallest absolute Gasteiger partial charge is 0.313 e. The summed E-state index contributed by atoms with van der Waals surface area (Å²) in [7, 11) is 0. The van der Waals surface area contributed by atoms with E-state index < -0.39 is 5.97 Å². The molecule has 8 heteroatoms. The van der Waals surface area contributed by atoms with Gasteiger partial charge in [0.1, 0.15) is 5.01 Å². The van der Waals surface area contributed by atoms with Gasteiger partial charge in [0.05, 0.1) is 11.4 Å². The lowest BCUT2D eigenvalue weighted by Crippen LogP contribution is -2.15. The van der Waals surface area contributed by atoms with Crippen molar-refractivity contribution in [2.75, 3.05) is 5.75 Å². The van der Waals surface area contributed by atoms with E-state index in [2.05, 4.69) is 10.1 Å². The Bertz CT molecular complexity index is 916. The largest absolute Gasteiger partial charge is 0.481 e. The molecular formula is C15H13N3O3S2. The van der Waals surface area contributed by atoms with E-state index in [0.717, 1.165) is 16.1 Å². The van der Waals surface area contributed by atoms with E-state index in [1.807, 2.05) is 31.2 Å². The van der Waals surface area contributed by atoms with E-state index in [4.69, 9.17) is 5.11 Å². The number of carboxylic acids is 1. The molecule has 23 heavy (non-hydrogen) atoms. The molecule has 0 fully saturated rings. The van der Waals surface area contributed by atoms with Gasteiger partial charge in [-0.25, -0.2) is 4.98 Å². The predicted molar refractivity (Wildman–Crippen MR) is 91.1 cm³/mol. The number of aliphatic carboxylic acids is 1. The lowest BCUT2D eigenvalue weighted by Gasteiger charge is -1.98. The Labute approximate surface area is 139 Å². The van der Waals surface area contributed by atoms with E-state index in [9.17, 15) is 9.59 Å². The molecule has 0 aliphatic carbocycles. The molecule has 0 atom stereocenters. The van der Waals surface area contributed by atoms with E-state index >= 15 is 0 Å². The number of hydrogen-bond acceptors (Lipinski definition) is 6. The molecule has 0 amide bonds. The van der Waals surface area contributed by atoms with Crippen molar-refractivity contribution in [2.45, 2.75) is 12.7 Å². The summed E-state index contributed by atoms with van der Waals surface area (Å²) in [4.78, 5) is 27.6. The lowest BCUT2D eigenvalue weighted by atomic mass is 10.2. The maximum atomic E-state index is 12.1. The van der Waals surface area contributed by atoms with Crippen LogP contribution in [0.1, 0.15) is 11.3 Å². The van der Waals surface area contributed by atoms with Gasteiger partial charge < -0.3 is 5.11 Å². The first-order chi connectivity index (χ1) is 11.0. The van der Waals surface area contributed by atoms with Crippen LogP contribution >= 0.6 is 23.1 Å². The fraction of sp³-hybridized carbons (Fsp3) is 0.200. The van der Waals surface area contributed by atoms with Crippen LogP contribution in [0.2, 0.25) is 0 Å². The maximum Gasteiger partial charge on any atom is 0.313 e. The Morgan fingerprint density at radius 1 is 1.35 bits per heavy atom. The standard InChI is InChI=1S/C15H13N3O3S2/c1-9-2-4-10(5-3-9)14-17-18-12(19)6-11(16-15(18)23-14)7-22-8-13(20)21/h2-6H,7-8H2,1H3,(H,20,21). The summed E-state index contributed by atoms with van der Waals surface area (Å²) < 4.78 is 1.28. The molecule has 3 rings (SSSR count). The SMILES string of the molecule is Cc1ccc(-c2nn3c(=O)cc(CSCC(=O)O)nc3s2)cc1. The Kier molecular flexibility index (Phi) is 4.44. The van der Waals surface area contributed by atoms with Gasteiger partial charge in [-0.1, -0.05) is 41.2 Å². The molecule has 0 bridgehead atoms. The number of aryl methyl sites for hydroxylation is 1. The Morgan fingerprint density at radius 3 is 2.78 bits per heavy atom. The molecule has 6 nitrogen and oxygen atoms in total. The molecule has 2 aromatic heterocycles. The van der Waals surface area contributed by atoms with Crippen molar-refractivity contribution in [3.63, 3.8) is 0 Å². The Balaban J connectivity index is 1.93. The van der Waals surface area contributed by atoms with Gasteiger partial charge in [-0.2, -0.15) is 9.61 Å². The summed E-state index contributed by atoms with van der Waals surface area (Å²) >= 11 is 2.55. The highest BCUT2D eigenvalue weighted by atomic mass is 32.2. The van der Waals surface area contributed by atoms with E-state index in [1.165, 1.54) is 33.7 Å². The summed E-state index contributed by atoms with van der Waals surface area (Å²) in [5, 5.41) is 13.7. The number of hydrogen-bond donors (Lipinski definition) is 1. The van der Waals surface area contributed by atoms with Crippen LogP contribution in [0.15, 0.2) is 35.1 Å². The zero-order valence-corrected chi connectivity index (χ0v) is 13.9. The minimum Gasteiger partial charge on any atom is -0.481 e. The minimum absolute atomic E-state index is 0.0155. The number of fused-ring (bicyclic) bond motifs is 1. The van der Waals surface area contributed by atoms with Gasteiger partial charge in [0.2, 0.25) is 4.96 Å². The van der Waals surface area contributed by atoms with Crippen molar-refractivity contribution in [2.24, 2.45) is 0 Å². The average Bonchev–Trinajstić information content (AvgIpc) is 2.92. The maximum absolute atomic E-state index is 12.1. The molecule has 0 aliphatic rings. The number of carboxylic acid groups (broad SMARTS) is 1. The summed E-state index contributed by atoms with van der Waals surface area (Å²) in [6.07, 6.45) is 0. The van der Waals surface area contributed by atoms with Gasteiger partial charge in [0.15, 0.2) is 0 Å². The second kappa shape index (κ2) is 6.51. The zero-order chi connectivity index (χ0) is 16.4. The van der Waals surface area contributed by atoms with Crippen LogP contribution in [0.5, 0.6) is 0 Å². The number of aromatic nitrogens is 3. The normalized spacial score (nSPS) is 11.0. The average molecular weight is 347 g/mol. The number of benzene rings is 1. The third kappa shape index (κ3) is 3.59. The second-order valence-electron chi connectivity index (χ2n) is 4.94. The Hall–Kier alpha value is -2.19. The van der Waals surface area contributed by atoms with Crippen molar-refractivity contribution >= 4 is 34.0 Å². The number of thioether (sulfide) groups is 1. The van der Waals surface area contributed by atoms with Crippen molar-refractivity contribution in [3.8, 4) is 10.6 Å². The van der Waals surface area contributed by atoms with Gasteiger partial charge in [-0.3, -0.25) is 9.59 Å². The molecular weight excluding hydrogens is 334 g/mol. The fourth-order valence-corrected chi connectivity index (χ4v) is 3.55. The van der Waals surface area contributed by atoms with Crippen LogP contribution in [0.4, 0.5) is 0 Å². The molecule has 2 heterocycles. The number of carbonyl (C=O) groups is 1. The van der Waals surface area contributed by atoms with Crippen molar-refractivity contribution in [1.29, 1.82) is 0 Å². The van der Waals surface area contributed by atoms with Crippen LogP contribution in [0, 0.1) is 6.92 Å². The van der Waals surface area contributed by atoms with Crippen LogP contribution in [0.25, 0.3) is 15.5 Å². The van der Waals surface area contributed by atoms with Crippen molar-refractivity contribution < 1.29 is 9.90 Å². The highest BCUT2D eigenvalue weighted by Gasteiger charge is 2.11. The predicted octanol–water partition coefficient (Wildman–Crippen LogP) is 2.44. The van der Waals surface area contributed by atoms with Crippen LogP contribution in [-0.2, 0) is 10.5 Å². The molecule has 3 aromatic rings. The zero-order valence-electron chi connectivity index (χ0n) is 12.2. The lowest BCUT2D eigenvalue weighted by molar-refractivity contribution is -0.133. The minimum atomic E-state index is -0.882. The summed E-state index contributed by atoms with van der Waals surface area (Å²) in [6, 6.07) is 9.31.